The van der Waals surface area contributed by atoms with E-state index >= 15 is 4.39 Å². The van der Waals surface area contributed by atoms with E-state index in [9.17, 15) is 23.5 Å². The molecule has 8 nitrogen and oxygen atoms in total. The van der Waals surface area contributed by atoms with Gasteiger partial charge in [-0.2, -0.15) is 0 Å². The van der Waals surface area contributed by atoms with E-state index in [4.69, 9.17) is 20.8 Å². The number of hydrogen-bond donors (Lipinski definition) is 2. The first kappa shape index (κ1) is 38.4. The molecule has 13 heteroatoms. The van der Waals surface area contributed by atoms with Crippen LogP contribution in [0.5, 0.6) is 0 Å². The zero-order valence-corrected chi connectivity index (χ0v) is 30.5. The number of carbonyl (C=O) groups excluding carboxylic acids is 1. The van der Waals surface area contributed by atoms with Gasteiger partial charge in [0.1, 0.15) is 17.5 Å². The average molecular weight is 720 g/mol. The largest absolute Gasteiger partial charge is 0.465 e. The molecule has 1 saturated heterocycles. The van der Waals surface area contributed by atoms with Gasteiger partial charge in [-0.05, 0) is 65.9 Å². The van der Waals surface area contributed by atoms with Crippen LogP contribution in [0.1, 0.15) is 63.1 Å². The van der Waals surface area contributed by atoms with Gasteiger partial charge in [-0.1, -0.05) is 63.9 Å². The average Bonchev–Trinajstić information content (AvgIpc) is 3.03. The Morgan fingerprint density at radius 1 is 1.12 bits per heavy atom. The minimum absolute atomic E-state index is 0.0394. The molecule has 0 bridgehead atoms. The Balaban J connectivity index is 1.51. The number of morpholine rings is 1. The second kappa shape index (κ2) is 16.1. The van der Waals surface area contributed by atoms with Crippen molar-refractivity contribution in [1.29, 1.82) is 0 Å². The summed E-state index contributed by atoms with van der Waals surface area (Å²) in [5, 5.41) is 12.7. The van der Waals surface area contributed by atoms with E-state index in [0.717, 1.165) is 6.20 Å². The normalized spacial score (nSPS) is 18.2. The number of amides is 2. The molecule has 3 aromatic rings. The molecule has 0 saturated carbocycles. The third kappa shape index (κ3) is 9.62. The van der Waals surface area contributed by atoms with Crippen LogP contribution in [-0.4, -0.2) is 67.2 Å². The third-order valence-electron chi connectivity index (χ3n) is 9.79. The van der Waals surface area contributed by atoms with E-state index in [2.05, 4.69) is 44.2 Å². The summed E-state index contributed by atoms with van der Waals surface area (Å²) in [6.45, 7) is 12.9. The van der Waals surface area contributed by atoms with Crippen molar-refractivity contribution in [1.82, 2.24) is 9.88 Å². The molecule has 1 fully saturated rings. The molecule has 49 heavy (non-hydrogen) atoms. The van der Waals surface area contributed by atoms with Crippen LogP contribution in [0.4, 0.5) is 23.7 Å². The summed E-state index contributed by atoms with van der Waals surface area (Å²) in [5.74, 6) is -3.38. The van der Waals surface area contributed by atoms with Gasteiger partial charge in [-0.3, -0.25) is 14.7 Å². The monoisotopic (exact) mass is 719 g/mol. The van der Waals surface area contributed by atoms with E-state index in [-0.39, 0.29) is 59.8 Å². The third-order valence-corrected chi connectivity index (χ3v) is 14.6. The first-order valence-corrected chi connectivity index (χ1v) is 19.7. The Labute approximate surface area is 292 Å². The Hall–Kier alpha value is -3.45. The molecule has 2 heterocycles. The second-order valence-electron chi connectivity index (χ2n) is 14.1. The van der Waals surface area contributed by atoms with Crippen LogP contribution in [0.25, 0.3) is 0 Å². The van der Waals surface area contributed by atoms with E-state index < -0.39 is 55.8 Å². The minimum Gasteiger partial charge on any atom is -0.465 e. The molecule has 0 radical (unpaired) electrons. The summed E-state index contributed by atoms with van der Waals surface area (Å²) < 4.78 is 56.6. The first-order valence-electron chi connectivity index (χ1n) is 16.4. The Bertz CT molecular complexity index is 1640. The van der Waals surface area contributed by atoms with Crippen LogP contribution < -0.4 is 5.32 Å². The summed E-state index contributed by atoms with van der Waals surface area (Å²) in [5.41, 5.74) is 1.21. The van der Waals surface area contributed by atoms with Crippen molar-refractivity contribution in [2.45, 2.75) is 83.2 Å². The van der Waals surface area contributed by atoms with Crippen molar-refractivity contribution >= 4 is 37.6 Å². The number of carboxylic acid groups (broad SMARTS) is 1. The molecule has 3 unspecified atom stereocenters. The lowest BCUT2D eigenvalue weighted by molar-refractivity contribution is -0.116. The first-order chi connectivity index (χ1) is 23.0. The van der Waals surface area contributed by atoms with E-state index in [1.54, 1.807) is 12.1 Å². The molecule has 1 aliphatic heterocycles. The van der Waals surface area contributed by atoms with Crippen molar-refractivity contribution in [2.24, 2.45) is 5.92 Å². The highest BCUT2D eigenvalue weighted by atomic mass is 35.5. The Kier molecular flexibility index (Phi) is 12.6. The van der Waals surface area contributed by atoms with Crippen LogP contribution in [0.2, 0.25) is 23.2 Å². The van der Waals surface area contributed by atoms with Gasteiger partial charge in [-0.25, -0.2) is 18.0 Å². The number of pyridine rings is 1. The van der Waals surface area contributed by atoms with Crippen molar-refractivity contribution in [3.05, 3.63) is 94.0 Å². The van der Waals surface area contributed by atoms with Crippen molar-refractivity contribution in [3.8, 4) is 0 Å². The fraction of sp³-hybridized carbons (Fsp3) is 0.472. The molecule has 266 valence electrons. The number of carbonyl (C=O) groups is 2. The van der Waals surface area contributed by atoms with Gasteiger partial charge in [-0.15, -0.1) is 0 Å². The van der Waals surface area contributed by atoms with Crippen LogP contribution in [0.15, 0.2) is 54.9 Å². The number of aromatic nitrogens is 1. The summed E-state index contributed by atoms with van der Waals surface area (Å²) in [6, 6.07) is 9.37. The number of halogens is 4. The quantitative estimate of drug-likeness (QED) is 0.182. The van der Waals surface area contributed by atoms with E-state index in [0.29, 0.717) is 17.5 Å². The van der Waals surface area contributed by atoms with Crippen molar-refractivity contribution in [2.75, 3.05) is 25.1 Å². The molecule has 4 rings (SSSR count). The maximum absolute atomic E-state index is 15.4. The van der Waals surface area contributed by atoms with Gasteiger partial charge >= 0.3 is 6.09 Å². The molecule has 2 amide bonds. The molecule has 1 aromatic heterocycles. The van der Waals surface area contributed by atoms with Gasteiger partial charge in [0, 0.05) is 17.9 Å². The number of ether oxygens (including phenoxy) is 1. The standard InChI is InChI=1S/C36H45ClF3N3O5Si/c1-7-22(33-19-43(35(45)46)26(20-47-33)21-48-49(5,6)36(2,3)4)14-28-31(40)17-41-18-32(28)42-34(44)16-27(23-9-8-10-25(38)13-23)24-11-12-29(37)30(39)15-24/h8-13,15,17-18,22,26-27,33H,7,14,16,19-21H2,1-6H3,(H,42,44)(H,45,46)/t22?,26?,27-,33?/m1/s1. The molecular weight excluding hydrogens is 675 g/mol. The topological polar surface area (TPSA) is 101 Å². The van der Waals surface area contributed by atoms with Crippen molar-refractivity contribution in [3.63, 3.8) is 0 Å². The van der Waals surface area contributed by atoms with Gasteiger partial charge in [0.25, 0.3) is 0 Å². The summed E-state index contributed by atoms with van der Waals surface area (Å²) in [6.07, 6.45) is 1.27. The van der Waals surface area contributed by atoms with Crippen LogP contribution >= 0.6 is 11.6 Å². The molecule has 2 aromatic carbocycles. The van der Waals surface area contributed by atoms with Gasteiger partial charge in [0.05, 0.1) is 55.0 Å². The Morgan fingerprint density at radius 3 is 2.47 bits per heavy atom. The lowest BCUT2D eigenvalue weighted by atomic mass is 9.87. The van der Waals surface area contributed by atoms with Gasteiger partial charge in [0.15, 0.2) is 8.32 Å². The lowest BCUT2D eigenvalue weighted by Crippen LogP contribution is -2.57. The molecule has 2 N–H and O–H groups in total. The molecule has 1 aliphatic rings. The Morgan fingerprint density at radius 2 is 1.84 bits per heavy atom. The van der Waals surface area contributed by atoms with Gasteiger partial charge in [0.2, 0.25) is 5.91 Å². The zero-order valence-electron chi connectivity index (χ0n) is 28.7. The lowest BCUT2D eigenvalue weighted by Gasteiger charge is -2.43. The van der Waals surface area contributed by atoms with E-state index in [1.807, 2.05) is 6.92 Å². The highest BCUT2D eigenvalue weighted by Crippen LogP contribution is 2.37. The smallest absolute Gasteiger partial charge is 0.407 e. The number of benzene rings is 2. The molecule has 0 aliphatic carbocycles. The number of rotatable bonds is 12. The fourth-order valence-electron chi connectivity index (χ4n) is 5.74. The molecular formula is C36H45ClF3N3O5Si. The summed E-state index contributed by atoms with van der Waals surface area (Å²) >= 11 is 5.89. The number of nitrogens with one attached hydrogen (secondary N) is 1. The summed E-state index contributed by atoms with van der Waals surface area (Å²) in [4.78, 5) is 31.1. The minimum atomic E-state index is -2.13. The number of hydrogen-bond acceptors (Lipinski definition) is 5. The van der Waals surface area contributed by atoms with Crippen LogP contribution in [0.3, 0.4) is 0 Å². The maximum atomic E-state index is 15.4. The highest BCUT2D eigenvalue weighted by molar-refractivity contribution is 6.74. The zero-order chi connectivity index (χ0) is 36.1. The molecule has 0 spiro atoms. The number of anilines is 1. The van der Waals surface area contributed by atoms with Gasteiger partial charge < -0.3 is 19.6 Å². The molecule has 4 atom stereocenters. The maximum Gasteiger partial charge on any atom is 0.407 e. The van der Waals surface area contributed by atoms with E-state index in [1.165, 1.54) is 41.4 Å². The predicted molar refractivity (Wildman–Crippen MR) is 186 cm³/mol. The summed E-state index contributed by atoms with van der Waals surface area (Å²) in [7, 11) is -2.13. The second-order valence-corrected chi connectivity index (χ2v) is 19.3. The van der Waals surface area contributed by atoms with Crippen LogP contribution in [0, 0.1) is 23.4 Å². The van der Waals surface area contributed by atoms with Crippen LogP contribution in [-0.2, 0) is 20.4 Å². The predicted octanol–water partition coefficient (Wildman–Crippen LogP) is 8.65. The SMILES string of the molecule is CCC(Cc1c(F)cncc1NC(=O)C[C@H](c1cccc(F)c1)c1ccc(Cl)c(F)c1)C1CN(C(=O)O)C(CO[Si](C)(C)C(C)(C)C)CO1. The highest BCUT2D eigenvalue weighted by Gasteiger charge is 2.41. The number of nitrogens with zero attached hydrogens (tertiary/aromatic N) is 2. The fourth-order valence-corrected chi connectivity index (χ4v) is 6.90. The van der Waals surface area contributed by atoms with Crippen molar-refractivity contribution < 1.29 is 37.0 Å².